The van der Waals surface area contributed by atoms with E-state index in [1.54, 1.807) is 7.11 Å². The topological polar surface area (TPSA) is 43.6 Å². The van der Waals surface area contributed by atoms with Gasteiger partial charge in [-0.3, -0.25) is 4.79 Å². The number of rotatable bonds is 4. The molecule has 1 fully saturated rings. The highest BCUT2D eigenvalue weighted by Crippen LogP contribution is 2.68. The van der Waals surface area contributed by atoms with Gasteiger partial charge in [-0.15, -0.1) is 11.3 Å². The van der Waals surface area contributed by atoms with Crippen LogP contribution in [-0.4, -0.2) is 24.2 Å². The maximum absolute atomic E-state index is 12.3. The van der Waals surface area contributed by atoms with Gasteiger partial charge in [0.25, 0.3) is 5.91 Å². The van der Waals surface area contributed by atoms with E-state index in [0.717, 1.165) is 11.3 Å². The smallest absolute Gasteiger partial charge is 0.252 e. The molecular formula is C14H22N2O2S. The van der Waals surface area contributed by atoms with Crippen molar-refractivity contribution < 1.29 is 9.53 Å². The maximum Gasteiger partial charge on any atom is 0.252 e. The van der Waals surface area contributed by atoms with Crippen LogP contribution in [0.25, 0.3) is 0 Å². The van der Waals surface area contributed by atoms with Crippen molar-refractivity contribution >= 4 is 17.2 Å². The first-order chi connectivity index (χ1) is 8.82. The highest BCUT2D eigenvalue weighted by molar-refractivity contribution is 7.07. The third-order valence-corrected chi connectivity index (χ3v) is 5.46. The van der Waals surface area contributed by atoms with Crippen LogP contribution in [0.1, 0.15) is 27.7 Å². The summed E-state index contributed by atoms with van der Waals surface area (Å²) >= 11 is 1.49. The highest BCUT2D eigenvalue weighted by Gasteiger charge is 2.68. The molecule has 1 aromatic heterocycles. The Balaban J connectivity index is 2.19. The zero-order valence-electron chi connectivity index (χ0n) is 12.3. The zero-order valence-corrected chi connectivity index (χ0v) is 13.1. The van der Waals surface area contributed by atoms with Crippen LogP contribution in [0.4, 0.5) is 0 Å². The normalized spacial score (nSPS) is 21.6. The summed E-state index contributed by atoms with van der Waals surface area (Å²) in [6, 6.07) is 0. The standard InChI is InChI=1S/C14H22N2O2S/c1-13(2)10(14(13,3)4)11(17)15-12-16(6-8-18-5)7-9-19-12/h7,9-10H,6,8H2,1-5H3/b15-12-. The van der Waals surface area contributed by atoms with Crippen molar-refractivity contribution in [3.8, 4) is 0 Å². The summed E-state index contributed by atoms with van der Waals surface area (Å²) in [5, 5.41) is 1.95. The molecule has 0 aromatic carbocycles. The first-order valence-electron chi connectivity index (χ1n) is 6.54. The number of hydrogen-bond acceptors (Lipinski definition) is 3. The summed E-state index contributed by atoms with van der Waals surface area (Å²) in [6.07, 6.45) is 1.94. The van der Waals surface area contributed by atoms with E-state index < -0.39 is 0 Å². The average molecular weight is 282 g/mol. The Morgan fingerprint density at radius 3 is 2.58 bits per heavy atom. The molecule has 0 N–H and O–H groups in total. The van der Waals surface area contributed by atoms with Gasteiger partial charge in [-0.05, 0) is 10.8 Å². The van der Waals surface area contributed by atoms with Gasteiger partial charge in [-0.25, -0.2) is 0 Å². The summed E-state index contributed by atoms with van der Waals surface area (Å²) in [5.41, 5.74) is 0.0877. The fourth-order valence-electron chi connectivity index (χ4n) is 2.72. The van der Waals surface area contributed by atoms with E-state index in [4.69, 9.17) is 4.74 Å². The van der Waals surface area contributed by atoms with Gasteiger partial charge in [-0.2, -0.15) is 4.99 Å². The number of amides is 1. The second-order valence-electron chi connectivity index (χ2n) is 6.20. The van der Waals surface area contributed by atoms with E-state index in [0.29, 0.717) is 6.61 Å². The van der Waals surface area contributed by atoms with Crippen molar-refractivity contribution in [2.24, 2.45) is 21.7 Å². The lowest BCUT2D eigenvalue weighted by atomic mass is 10.0. The van der Waals surface area contributed by atoms with E-state index >= 15 is 0 Å². The van der Waals surface area contributed by atoms with Crippen molar-refractivity contribution in [1.29, 1.82) is 0 Å². The molecule has 1 heterocycles. The van der Waals surface area contributed by atoms with Crippen molar-refractivity contribution in [3.63, 3.8) is 0 Å². The molecule has 0 aliphatic heterocycles. The number of thiazole rings is 1. The van der Waals surface area contributed by atoms with Gasteiger partial charge in [0.1, 0.15) is 0 Å². The second-order valence-corrected chi connectivity index (χ2v) is 7.07. The second kappa shape index (κ2) is 4.87. The van der Waals surface area contributed by atoms with E-state index in [1.807, 2.05) is 16.1 Å². The molecule has 0 spiro atoms. The molecule has 1 aliphatic carbocycles. The fraction of sp³-hybridized carbons (Fsp3) is 0.714. The number of carbonyl (C=O) groups is 1. The van der Waals surface area contributed by atoms with Crippen molar-refractivity contribution in [3.05, 3.63) is 16.4 Å². The number of carbonyl (C=O) groups excluding carboxylic acids is 1. The number of hydrogen-bond donors (Lipinski definition) is 0. The van der Waals surface area contributed by atoms with Crippen LogP contribution in [0.2, 0.25) is 0 Å². The molecule has 0 atom stereocenters. The Hall–Kier alpha value is -0.940. The molecule has 0 radical (unpaired) electrons. The zero-order chi connectivity index (χ0) is 14.3. The molecule has 0 unspecified atom stereocenters. The summed E-state index contributed by atoms with van der Waals surface area (Å²) < 4.78 is 7.03. The Kier molecular flexibility index (Phi) is 3.71. The molecule has 1 aromatic rings. The summed E-state index contributed by atoms with van der Waals surface area (Å²) in [5.74, 6) is 0.0293. The van der Waals surface area contributed by atoms with Gasteiger partial charge in [0.2, 0.25) is 0 Å². The minimum absolute atomic E-state index is 0.00335. The Morgan fingerprint density at radius 2 is 2.05 bits per heavy atom. The van der Waals surface area contributed by atoms with E-state index in [-0.39, 0.29) is 22.7 Å². The van der Waals surface area contributed by atoms with Gasteiger partial charge < -0.3 is 9.30 Å². The van der Waals surface area contributed by atoms with Crippen LogP contribution < -0.4 is 4.80 Å². The van der Waals surface area contributed by atoms with Gasteiger partial charge in [0, 0.05) is 25.2 Å². The quantitative estimate of drug-likeness (QED) is 0.850. The van der Waals surface area contributed by atoms with E-state index in [9.17, 15) is 4.79 Å². The number of nitrogens with zero attached hydrogens (tertiary/aromatic N) is 2. The minimum atomic E-state index is 0.00335. The third kappa shape index (κ3) is 2.41. The Morgan fingerprint density at radius 1 is 1.42 bits per heavy atom. The van der Waals surface area contributed by atoms with Crippen molar-refractivity contribution in [1.82, 2.24) is 4.57 Å². The lowest BCUT2D eigenvalue weighted by molar-refractivity contribution is -0.120. The lowest BCUT2D eigenvalue weighted by Gasteiger charge is -2.03. The number of methoxy groups -OCH3 is 1. The minimum Gasteiger partial charge on any atom is -0.383 e. The van der Waals surface area contributed by atoms with E-state index in [1.165, 1.54) is 11.3 Å². The lowest BCUT2D eigenvalue weighted by Crippen LogP contribution is -2.19. The van der Waals surface area contributed by atoms with Crippen LogP contribution in [-0.2, 0) is 16.1 Å². The summed E-state index contributed by atoms with van der Waals surface area (Å²) in [6.45, 7) is 9.90. The monoisotopic (exact) mass is 282 g/mol. The van der Waals surface area contributed by atoms with Gasteiger partial charge in [-0.1, -0.05) is 27.7 Å². The predicted octanol–water partition coefficient (Wildman–Crippen LogP) is 2.31. The molecule has 0 saturated heterocycles. The molecule has 106 valence electrons. The van der Waals surface area contributed by atoms with E-state index in [2.05, 4.69) is 32.7 Å². The number of ether oxygens (including phenoxy) is 1. The highest BCUT2D eigenvalue weighted by atomic mass is 32.1. The first-order valence-corrected chi connectivity index (χ1v) is 7.42. The first kappa shape index (κ1) is 14.5. The Labute approximate surface area is 118 Å². The largest absolute Gasteiger partial charge is 0.383 e. The molecule has 2 rings (SSSR count). The van der Waals surface area contributed by atoms with Gasteiger partial charge >= 0.3 is 0 Å². The van der Waals surface area contributed by atoms with Crippen LogP contribution >= 0.6 is 11.3 Å². The Bertz CT molecular complexity index is 526. The third-order valence-electron chi connectivity index (χ3n) is 4.67. The average Bonchev–Trinajstić information content (AvgIpc) is 2.65. The van der Waals surface area contributed by atoms with Crippen molar-refractivity contribution in [2.75, 3.05) is 13.7 Å². The van der Waals surface area contributed by atoms with Gasteiger partial charge in [0.15, 0.2) is 4.80 Å². The molecule has 19 heavy (non-hydrogen) atoms. The molecule has 1 aliphatic rings. The molecule has 1 amide bonds. The van der Waals surface area contributed by atoms with Crippen LogP contribution in [0.5, 0.6) is 0 Å². The SMILES string of the molecule is COCCn1ccs/c1=N\C(=O)C1C(C)(C)C1(C)C. The predicted molar refractivity (Wildman–Crippen MR) is 75.8 cm³/mol. The van der Waals surface area contributed by atoms with Crippen LogP contribution in [0.15, 0.2) is 16.6 Å². The molecular weight excluding hydrogens is 260 g/mol. The van der Waals surface area contributed by atoms with Crippen LogP contribution in [0.3, 0.4) is 0 Å². The molecule has 4 nitrogen and oxygen atoms in total. The summed E-state index contributed by atoms with van der Waals surface area (Å²) in [4.78, 5) is 17.4. The number of aromatic nitrogens is 1. The van der Waals surface area contributed by atoms with Crippen LogP contribution in [0, 0.1) is 16.7 Å². The maximum atomic E-state index is 12.3. The molecule has 1 saturated carbocycles. The molecule has 5 heteroatoms. The summed E-state index contributed by atoms with van der Waals surface area (Å²) in [7, 11) is 1.67. The van der Waals surface area contributed by atoms with Gasteiger partial charge in [0.05, 0.1) is 12.5 Å². The molecule has 0 bridgehead atoms. The fourth-order valence-corrected chi connectivity index (χ4v) is 3.48. The van der Waals surface area contributed by atoms with Crippen molar-refractivity contribution in [2.45, 2.75) is 34.2 Å².